The van der Waals surface area contributed by atoms with Crippen molar-refractivity contribution in [3.8, 4) is 0 Å². The van der Waals surface area contributed by atoms with Crippen molar-refractivity contribution >= 4 is 12.1 Å². The van der Waals surface area contributed by atoms with Crippen LogP contribution in [0.5, 0.6) is 0 Å². The molecule has 4 aliphatic carbocycles. The Bertz CT molecular complexity index is 707. The van der Waals surface area contributed by atoms with E-state index in [-0.39, 0.29) is 11.8 Å². The van der Waals surface area contributed by atoms with Gasteiger partial charge >= 0.3 is 12.1 Å². The monoisotopic (exact) mass is 385 g/mol. The van der Waals surface area contributed by atoms with E-state index in [0.717, 1.165) is 42.6 Å². The van der Waals surface area contributed by atoms with Gasteiger partial charge in [0.15, 0.2) is 0 Å². The number of nitrogens with one attached hydrogen (secondary N) is 1. The maximum Gasteiger partial charge on any atom is 0.408 e. The van der Waals surface area contributed by atoms with E-state index in [9.17, 15) is 14.7 Å². The van der Waals surface area contributed by atoms with Crippen LogP contribution in [0.1, 0.15) is 57.9 Å². The summed E-state index contributed by atoms with van der Waals surface area (Å²) in [7, 11) is 0. The van der Waals surface area contributed by atoms with Crippen molar-refractivity contribution in [1.29, 1.82) is 0 Å². The summed E-state index contributed by atoms with van der Waals surface area (Å²) < 4.78 is 5.93. The molecule has 0 aromatic heterocycles. The molecule has 4 saturated carbocycles. The van der Waals surface area contributed by atoms with Gasteiger partial charge in [0.1, 0.15) is 11.6 Å². The quantitative estimate of drug-likeness (QED) is 0.761. The first-order valence-electron chi connectivity index (χ1n) is 10.5. The van der Waals surface area contributed by atoms with Crippen molar-refractivity contribution in [2.75, 3.05) is 0 Å². The zero-order chi connectivity index (χ0) is 19.9. The highest BCUT2D eigenvalue weighted by Crippen LogP contribution is 2.64. The molecular weight excluding hydrogens is 354 g/mol. The van der Waals surface area contributed by atoms with Crippen LogP contribution in [0.25, 0.3) is 0 Å². The standard InChI is InChI=1S/C23H31NO4/c1-22(2,23-12-16-8-17(13-23)10-18(9-16)14-23)28-21(27)24-19(20(25)26)11-15-6-4-3-5-7-15/h3-7,16-19H,8-14H2,1-2H3,(H,24,27)(H,25,26). The van der Waals surface area contributed by atoms with Gasteiger partial charge < -0.3 is 15.2 Å². The summed E-state index contributed by atoms with van der Waals surface area (Å²) in [6, 6.07) is 8.34. The zero-order valence-electron chi connectivity index (χ0n) is 16.8. The Kier molecular flexibility index (Phi) is 4.88. The Labute approximate surface area is 166 Å². The molecule has 1 aromatic rings. The second kappa shape index (κ2) is 7.09. The molecule has 5 nitrogen and oxygen atoms in total. The van der Waals surface area contributed by atoms with Gasteiger partial charge in [-0.05, 0) is 75.7 Å². The van der Waals surface area contributed by atoms with Crippen molar-refractivity contribution in [2.24, 2.45) is 23.2 Å². The third-order valence-electron chi connectivity index (χ3n) is 7.54. The molecule has 1 amide bonds. The van der Waals surface area contributed by atoms with Crippen molar-refractivity contribution in [3.63, 3.8) is 0 Å². The molecule has 1 aromatic carbocycles. The normalized spacial score (nSPS) is 32.0. The van der Waals surface area contributed by atoms with Crippen LogP contribution in [0.4, 0.5) is 4.79 Å². The molecule has 1 unspecified atom stereocenters. The number of hydrogen-bond acceptors (Lipinski definition) is 3. The molecule has 4 aliphatic rings. The van der Waals surface area contributed by atoms with Gasteiger partial charge in [0.25, 0.3) is 0 Å². The van der Waals surface area contributed by atoms with Crippen LogP contribution in [0.15, 0.2) is 30.3 Å². The van der Waals surface area contributed by atoms with E-state index < -0.39 is 23.7 Å². The first-order valence-corrected chi connectivity index (χ1v) is 10.5. The summed E-state index contributed by atoms with van der Waals surface area (Å²) in [5.74, 6) is 1.25. The topological polar surface area (TPSA) is 75.6 Å². The van der Waals surface area contributed by atoms with Crippen LogP contribution in [0, 0.1) is 23.2 Å². The summed E-state index contributed by atoms with van der Waals surface area (Å²) in [5.41, 5.74) is 0.315. The highest BCUT2D eigenvalue weighted by Gasteiger charge is 2.58. The zero-order valence-corrected chi connectivity index (χ0v) is 16.8. The van der Waals surface area contributed by atoms with Crippen LogP contribution >= 0.6 is 0 Å². The Balaban J connectivity index is 1.42. The molecule has 28 heavy (non-hydrogen) atoms. The van der Waals surface area contributed by atoms with Gasteiger partial charge in [-0.1, -0.05) is 30.3 Å². The lowest BCUT2D eigenvalue weighted by atomic mass is 9.46. The van der Waals surface area contributed by atoms with E-state index in [2.05, 4.69) is 5.32 Å². The van der Waals surface area contributed by atoms with Gasteiger partial charge in [-0.2, -0.15) is 0 Å². The highest BCUT2D eigenvalue weighted by molar-refractivity contribution is 5.80. The smallest absolute Gasteiger partial charge is 0.408 e. The molecule has 0 aliphatic heterocycles. The fraction of sp³-hybridized carbons (Fsp3) is 0.652. The summed E-state index contributed by atoms with van der Waals surface area (Å²) >= 11 is 0. The van der Waals surface area contributed by atoms with E-state index in [0.29, 0.717) is 0 Å². The number of alkyl carbamates (subject to hydrolysis) is 1. The third-order valence-corrected chi connectivity index (χ3v) is 7.54. The highest BCUT2D eigenvalue weighted by atomic mass is 16.6. The Morgan fingerprint density at radius 2 is 1.64 bits per heavy atom. The van der Waals surface area contributed by atoms with Crippen molar-refractivity contribution in [1.82, 2.24) is 5.32 Å². The molecule has 4 fully saturated rings. The summed E-state index contributed by atoms with van der Waals surface area (Å²) in [6.07, 6.45) is 7.01. The number of hydrogen-bond donors (Lipinski definition) is 2. The molecule has 0 radical (unpaired) electrons. The van der Waals surface area contributed by atoms with Crippen LogP contribution in [0.2, 0.25) is 0 Å². The van der Waals surface area contributed by atoms with Gasteiger partial charge in [-0.15, -0.1) is 0 Å². The SMILES string of the molecule is CC(C)(OC(=O)NC(Cc1ccccc1)C(=O)O)C12CC3CC(CC(C3)C1)C2. The minimum absolute atomic E-state index is 0.0389. The number of rotatable bonds is 6. The second-order valence-electron chi connectivity index (χ2n) is 9.82. The number of carbonyl (C=O) groups is 2. The molecule has 4 bridgehead atoms. The predicted octanol–water partition coefficient (Wildman–Crippen LogP) is 4.40. The summed E-state index contributed by atoms with van der Waals surface area (Å²) in [5, 5.41) is 12.1. The first kappa shape index (κ1) is 19.3. The van der Waals surface area contributed by atoms with Gasteiger partial charge in [-0.25, -0.2) is 9.59 Å². The summed E-state index contributed by atoms with van der Waals surface area (Å²) in [4.78, 5) is 24.3. The lowest BCUT2D eigenvalue weighted by Gasteiger charge is -2.61. The van der Waals surface area contributed by atoms with Crippen LogP contribution in [-0.2, 0) is 16.0 Å². The molecular formula is C23H31NO4. The van der Waals surface area contributed by atoms with Gasteiger partial charge in [-0.3, -0.25) is 0 Å². The summed E-state index contributed by atoms with van der Waals surface area (Å²) in [6.45, 7) is 4.04. The van der Waals surface area contributed by atoms with E-state index in [1.54, 1.807) is 0 Å². The fourth-order valence-corrected chi connectivity index (χ4v) is 6.41. The molecule has 2 N–H and O–H groups in total. The minimum atomic E-state index is -1.05. The Morgan fingerprint density at radius 1 is 1.11 bits per heavy atom. The van der Waals surface area contributed by atoms with Gasteiger partial charge in [0.05, 0.1) is 0 Å². The van der Waals surface area contributed by atoms with E-state index in [1.807, 2.05) is 44.2 Å². The first-order chi connectivity index (χ1) is 13.3. The molecule has 5 rings (SSSR count). The maximum atomic E-state index is 12.7. The number of carboxylic acid groups (broad SMARTS) is 1. The van der Waals surface area contributed by atoms with Crippen LogP contribution in [0.3, 0.4) is 0 Å². The number of benzene rings is 1. The van der Waals surface area contributed by atoms with Crippen molar-refractivity contribution in [2.45, 2.75) is 70.4 Å². The number of aliphatic carboxylic acids is 1. The lowest BCUT2D eigenvalue weighted by Crippen LogP contribution is -2.58. The predicted molar refractivity (Wildman–Crippen MR) is 106 cm³/mol. The van der Waals surface area contributed by atoms with Gasteiger partial charge in [0, 0.05) is 11.8 Å². The molecule has 0 saturated heterocycles. The molecule has 152 valence electrons. The van der Waals surface area contributed by atoms with Gasteiger partial charge in [0.2, 0.25) is 0 Å². The van der Waals surface area contributed by atoms with Crippen LogP contribution < -0.4 is 5.32 Å². The Hall–Kier alpha value is -2.04. The Morgan fingerprint density at radius 3 is 2.14 bits per heavy atom. The fourth-order valence-electron chi connectivity index (χ4n) is 6.41. The average molecular weight is 386 g/mol. The third kappa shape index (κ3) is 3.63. The second-order valence-corrected chi connectivity index (χ2v) is 9.82. The lowest BCUT2D eigenvalue weighted by molar-refractivity contribution is -0.163. The van der Waals surface area contributed by atoms with Crippen molar-refractivity contribution in [3.05, 3.63) is 35.9 Å². The van der Waals surface area contributed by atoms with E-state index in [4.69, 9.17) is 4.74 Å². The number of amides is 1. The maximum absolute atomic E-state index is 12.7. The molecule has 0 heterocycles. The number of ether oxygens (including phenoxy) is 1. The molecule has 0 spiro atoms. The minimum Gasteiger partial charge on any atom is -0.480 e. The van der Waals surface area contributed by atoms with Crippen molar-refractivity contribution < 1.29 is 19.4 Å². The number of carboxylic acids is 1. The largest absolute Gasteiger partial charge is 0.480 e. The van der Waals surface area contributed by atoms with Crippen LogP contribution in [-0.4, -0.2) is 28.8 Å². The van der Waals surface area contributed by atoms with E-state index in [1.165, 1.54) is 19.3 Å². The van der Waals surface area contributed by atoms with E-state index >= 15 is 0 Å². The molecule has 1 atom stereocenters. The molecule has 5 heteroatoms. The average Bonchev–Trinajstić information content (AvgIpc) is 2.60. The number of carbonyl (C=O) groups excluding carboxylic acids is 1.